The number of aryl methyl sites for hydroxylation is 3. The van der Waals surface area contributed by atoms with Gasteiger partial charge in [0.1, 0.15) is 5.70 Å². The third-order valence-corrected chi connectivity index (χ3v) is 5.74. The van der Waals surface area contributed by atoms with Crippen molar-refractivity contribution in [1.29, 1.82) is 0 Å². The Morgan fingerprint density at radius 3 is 2.13 bits per heavy atom. The first-order valence-electron chi connectivity index (χ1n) is 9.65. The first kappa shape index (κ1) is 19.9. The number of amides is 2. The van der Waals surface area contributed by atoms with Crippen LogP contribution in [0, 0.1) is 20.8 Å². The third-order valence-electron chi connectivity index (χ3n) is 5.34. The van der Waals surface area contributed by atoms with Crippen molar-refractivity contribution in [2.24, 2.45) is 0 Å². The van der Waals surface area contributed by atoms with Gasteiger partial charge in [-0.05, 0) is 67.3 Å². The van der Waals surface area contributed by atoms with E-state index in [-0.39, 0.29) is 11.6 Å². The Morgan fingerprint density at radius 2 is 1.47 bits per heavy atom. The van der Waals surface area contributed by atoms with Crippen molar-refractivity contribution in [1.82, 2.24) is 0 Å². The Bertz CT molecular complexity index is 1200. The maximum atomic E-state index is 13.4. The van der Waals surface area contributed by atoms with Gasteiger partial charge in [-0.25, -0.2) is 4.90 Å². The molecule has 150 valence electrons. The van der Waals surface area contributed by atoms with Crippen LogP contribution in [-0.4, -0.2) is 11.8 Å². The smallest absolute Gasteiger partial charge is 0.282 e. The lowest BCUT2D eigenvalue weighted by atomic mass is 10.0. The molecule has 1 aliphatic rings. The van der Waals surface area contributed by atoms with Crippen LogP contribution in [0.2, 0.25) is 5.02 Å². The first-order chi connectivity index (χ1) is 14.4. The van der Waals surface area contributed by atoms with E-state index in [1.807, 2.05) is 69.3 Å². The summed E-state index contributed by atoms with van der Waals surface area (Å²) in [6, 6.07) is 20.3. The van der Waals surface area contributed by atoms with Crippen LogP contribution in [0.4, 0.5) is 11.4 Å². The van der Waals surface area contributed by atoms with E-state index in [1.165, 1.54) is 4.90 Å². The molecule has 0 atom stereocenters. The number of carbonyl (C=O) groups is 2. The molecule has 4 rings (SSSR count). The topological polar surface area (TPSA) is 49.4 Å². The van der Waals surface area contributed by atoms with E-state index < -0.39 is 5.91 Å². The molecule has 0 radical (unpaired) electrons. The van der Waals surface area contributed by atoms with Gasteiger partial charge in [-0.3, -0.25) is 9.59 Å². The molecule has 1 N–H and O–H groups in total. The minimum Gasteiger partial charge on any atom is -0.350 e. The van der Waals surface area contributed by atoms with Crippen LogP contribution in [0.15, 0.2) is 72.4 Å². The molecule has 0 bridgehead atoms. The Kier molecular flexibility index (Phi) is 5.18. The predicted octanol–water partition coefficient (Wildman–Crippen LogP) is 5.66. The van der Waals surface area contributed by atoms with E-state index >= 15 is 0 Å². The van der Waals surface area contributed by atoms with Crippen molar-refractivity contribution < 1.29 is 9.59 Å². The van der Waals surface area contributed by atoms with Gasteiger partial charge in [-0.1, -0.05) is 54.1 Å². The highest BCUT2D eigenvalue weighted by Gasteiger charge is 2.40. The van der Waals surface area contributed by atoms with E-state index in [0.29, 0.717) is 21.8 Å². The first-order valence-corrected chi connectivity index (χ1v) is 10.0. The molecule has 3 aromatic rings. The number of imide groups is 1. The zero-order valence-corrected chi connectivity index (χ0v) is 17.7. The number of anilines is 2. The van der Waals surface area contributed by atoms with Crippen molar-refractivity contribution in [3.8, 4) is 0 Å². The van der Waals surface area contributed by atoms with Crippen LogP contribution in [0.3, 0.4) is 0 Å². The summed E-state index contributed by atoms with van der Waals surface area (Å²) >= 11 is 6.26. The number of nitrogens with one attached hydrogen (secondary N) is 1. The Labute approximate surface area is 180 Å². The summed E-state index contributed by atoms with van der Waals surface area (Å²) in [6.45, 7) is 5.91. The van der Waals surface area contributed by atoms with Gasteiger partial charge in [0, 0.05) is 10.7 Å². The van der Waals surface area contributed by atoms with Gasteiger partial charge in [0.15, 0.2) is 0 Å². The van der Waals surface area contributed by atoms with Crippen LogP contribution in [0.25, 0.3) is 5.57 Å². The second kappa shape index (κ2) is 7.81. The molecule has 1 aliphatic heterocycles. The number of nitrogens with zero attached hydrogens (tertiary/aromatic N) is 1. The molecular formula is C25H21ClN2O2. The van der Waals surface area contributed by atoms with E-state index in [2.05, 4.69) is 5.32 Å². The van der Waals surface area contributed by atoms with Crippen molar-refractivity contribution >= 4 is 40.4 Å². The van der Waals surface area contributed by atoms with Crippen LogP contribution < -0.4 is 10.2 Å². The molecule has 5 heteroatoms. The van der Waals surface area contributed by atoms with Gasteiger partial charge in [-0.2, -0.15) is 0 Å². The molecule has 0 aliphatic carbocycles. The SMILES string of the molecule is Cc1ccc(NC2=C(c3ccccc3)C(=O)N(c3ccc(C)c(Cl)c3)C2=O)cc1C. The summed E-state index contributed by atoms with van der Waals surface area (Å²) in [5.74, 6) is -0.783. The molecule has 1 heterocycles. The minimum absolute atomic E-state index is 0.256. The molecule has 0 aromatic heterocycles. The molecule has 0 saturated heterocycles. The van der Waals surface area contributed by atoms with Crippen molar-refractivity contribution in [2.75, 3.05) is 10.2 Å². The van der Waals surface area contributed by atoms with Gasteiger partial charge in [0.25, 0.3) is 11.8 Å². The zero-order chi connectivity index (χ0) is 21.4. The van der Waals surface area contributed by atoms with Crippen LogP contribution in [0.1, 0.15) is 22.3 Å². The Hall–Kier alpha value is -3.37. The standard InChI is InChI=1S/C25H21ClN2O2/c1-15-9-11-19(13-17(15)3)27-23-22(18-7-5-4-6-8-18)24(29)28(25(23)30)20-12-10-16(2)21(26)14-20/h4-14,27H,1-3H3. The second-order valence-electron chi connectivity index (χ2n) is 7.42. The summed E-state index contributed by atoms with van der Waals surface area (Å²) in [6.07, 6.45) is 0. The van der Waals surface area contributed by atoms with Gasteiger partial charge >= 0.3 is 0 Å². The summed E-state index contributed by atoms with van der Waals surface area (Å²) in [4.78, 5) is 28.0. The number of rotatable bonds is 4. The van der Waals surface area contributed by atoms with Gasteiger partial charge in [0.05, 0.1) is 11.3 Å². The molecule has 3 aromatic carbocycles. The van der Waals surface area contributed by atoms with Gasteiger partial charge < -0.3 is 5.32 Å². The van der Waals surface area contributed by atoms with E-state index in [0.717, 1.165) is 22.4 Å². The van der Waals surface area contributed by atoms with Crippen molar-refractivity contribution in [3.05, 3.63) is 99.7 Å². The lowest BCUT2D eigenvalue weighted by Crippen LogP contribution is -2.32. The third kappa shape index (κ3) is 3.51. The summed E-state index contributed by atoms with van der Waals surface area (Å²) in [5, 5.41) is 3.70. The lowest BCUT2D eigenvalue weighted by molar-refractivity contribution is -0.120. The highest BCUT2D eigenvalue weighted by molar-refractivity contribution is 6.46. The summed E-state index contributed by atoms with van der Waals surface area (Å²) in [5.41, 5.74) is 5.62. The van der Waals surface area contributed by atoms with Crippen molar-refractivity contribution in [2.45, 2.75) is 20.8 Å². The largest absolute Gasteiger partial charge is 0.350 e. The molecule has 0 spiro atoms. The maximum Gasteiger partial charge on any atom is 0.282 e. The van der Waals surface area contributed by atoms with Gasteiger partial charge in [-0.15, -0.1) is 0 Å². The fourth-order valence-corrected chi connectivity index (χ4v) is 3.61. The second-order valence-corrected chi connectivity index (χ2v) is 7.83. The normalized spacial score (nSPS) is 13.9. The number of hydrogen-bond acceptors (Lipinski definition) is 3. The molecular weight excluding hydrogens is 396 g/mol. The molecule has 2 amide bonds. The fourth-order valence-electron chi connectivity index (χ4n) is 3.44. The van der Waals surface area contributed by atoms with Gasteiger partial charge in [0.2, 0.25) is 0 Å². The number of halogens is 1. The van der Waals surface area contributed by atoms with E-state index in [4.69, 9.17) is 11.6 Å². The van der Waals surface area contributed by atoms with Crippen LogP contribution in [0.5, 0.6) is 0 Å². The minimum atomic E-state index is -0.406. The highest BCUT2D eigenvalue weighted by atomic mass is 35.5. The summed E-state index contributed by atoms with van der Waals surface area (Å²) < 4.78 is 0. The molecule has 0 fully saturated rings. The average Bonchev–Trinajstić information content (AvgIpc) is 2.97. The Balaban J connectivity index is 1.82. The molecule has 0 saturated carbocycles. The fraction of sp³-hybridized carbons (Fsp3) is 0.120. The Morgan fingerprint density at radius 1 is 0.767 bits per heavy atom. The molecule has 30 heavy (non-hydrogen) atoms. The van der Waals surface area contributed by atoms with E-state index in [9.17, 15) is 9.59 Å². The number of carbonyl (C=O) groups excluding carboxylic acids is 2. The summed E-state index contributed by atoms with van der Waals surface area (Å²) in [7, 11) is 0. The lowest BCUT2D eigenvalue weighted by Gasteiger charge is -2.16. The van der Waals surface area contributed by atoms with E-state index in [1.54, 1.807) is 18.2 Å². The quantitative estimate of drug-likeness (QED) is 0.558. The highest BCUT2D eigenvalue weighted by Crippen LogP contribution is 2.35. The molecule has 0 unspecified atom stereocenters. The number of hydrogen-bond donors (Lipinski definition) is 1. The number of benzene rings is 3. The average molecular weight is 417 g/mol. The molecule has 4 nitrogen and oxygen atoms in total. The zero-order valence-electron chi connectivity index (χ0n) is 17.0. The van der Waals surface area contributed by atoms with Crippen LogP contribution >= 0.6 is 11.6 Å². The monoisotopic (exact) mass is 416 g/mol. The van der Waals surface area contributed by atoms with Crippen LogP contribution in [-0.2, 0) is 9.59 Å². The maximum absolute atomic E-state index is 13.4. The predicted molar refractivity (Wildman–Crippen MR) is 122 cm³/mol. The van der Waals surface area contributed by atoms with Crippen molar-refractivity contribution in [3.63, 3.8) is 0 Å².